The second kappa shape index (κ2) is 3.37. The van der Waals surface area contributed by atoms with Gasteiger partial charge in [-0.05, 0) is 25.0 Å². The lowest BCUT2D eigenvalue weighted by atomic mass is 10.2. The van der Waals surface area contributed by atoms with Crippen LogP contribution in [0.3, 0.4) is 0 Å². The van der Waals surface area contributed by atoms with Crippen LogP contribution >= 0.6 is 0 Å². The Kier molecular flexibility index (Phi) is 2.47. The van der Waals surface area contributed by atoms with Crippen molar-refractivity contribution in [1.29, 1.82) is 0 Å². The molecule has 60 valence electrons. The Bertz CT molecular complexity index is 243. The fourth-order valence-electron chi connectivity index (χ4n) is 0.978. The van der Waals surface area contributed by atoms with Gasteiger partial charge in [-0.15, -0.1) is 0 Å². The van der Waals surface area contributed by atoms with E-state index in [9.17, 15) is 0 Å². The van der Waals surface area contributed by atoms with Gasteiger partial charge in [0.25, 0.3) is 0 Å². The summed E-state index contributed by atoms with van der Waals surface area (Å²) in [4.78, 5) is 4.25. The lowest BCUT2D eigenvalue weighted by Gasteiger charge is -2.01. The lowest BCUT2D eigenvalue weighted by molar-refractivity contribution is 0.881. The molecular formula is C9H14N2. The first kappa shape index (κ1) is 8.05. The normalized spacial score (nSPS) is 10.0. The van der Waals surface area contributed by atoms with Gasteiger partial charge in [0.1, 0.15) is 0 Å². The van der Waals surface area contributed by atoms with Crippen LogP contribution in [0.5, 0.6) is 0 Å². The molecule has 2 nitrogen and oxygen atoms in total. The Morgan fingerprint density at radius 2 is 2.27 bits per heavy atom. The van der Waals surface area contributed by atoms with Gasteiger partial charge in [-0.25, -0.2) is 0 Å². The molecule has 1 aromatic heterocycles. The Morgan fingerprint density at radius 3 is 2.82 bits per heavy atom. The highest BCUT2D eigenvalue weighted by Gasteiger charge is 1.96. The fourth-order valence-corrected chi connectivity index (χ4v) is 0.978. The quantitative estimate of drug-likeness (QED) is 0.699. The van der Waals surface area contributed by atoms with Gasteiger partial charge in [0.15, 0.2) is 0 Å². The summed E-state index contributed by atoms with van der Waals surface area (Å²) in [7, 11) is 0. The molecule has 0 atom stereocenters. The van der Waals surface area contributed by atoms with Gasteiger partial charge in [0.2, 0.25) is 0 Å². The number of hydrogen-bond acceptors (Lipinski definition) is 2. The molecule has 1 heterocycles. The van der Waals surface area contributed by atoms with Gasteiger partial charge >= 0.3 is 0 Å². The third-order valence-corrected chi connectivity index (χ3v) is 1.71. The van der Waals surface area contributed by atoms with Gasteiger partial charge < -0.3 is 5.73 Å². The fraction of sp³-hybridized carbons (Fsp3) is 0.444. The molecule has 0 saturated heterocycles. The molecule has 0 fully saturated rings. The number of rotatable bonds is 2. The maximum absolute atomic E-state index is 5.71. The average molecular weight is 150 g/mol. The van der Waals surface area contributed by atoms with E-state index < -0.39 is 0 Å². The van der Waals surface area contributed by atoms with Crippen LogP contribution in [0.25, 0.3) is 0 Å². The van der Waals surface area contributed by atoms with Gasteiger partial charge in [0, 0.05) is 17.6 Å². The van der Waals surface area contributed by atoms with E-state index in [1.54, 1.807) is 0 Å². The molecule has 2 N–H and O–H groups in total. The topological polar surface area (TPSA) is 38.9 Å². The molecule has 0 aromatic carbocycles. The highest BCUT2D eigenvalue weighted by Crippen LogP contribution is 2.10. The van der Waals surface area contributed by atoms with E-state index in [2.05, 4.69) is 11.9 Å². The predicted molar refractivity (Wildman–Crippen MR) is 47.4 cm³/mol. The summed E-state index contributed by atoms with van der Waals surface area (Å²) < 4.78 is 0. The van der Waals surface area contributed by atoms with Crippen LogP contribution in [0.4, 0.5) is 5.69 Å². The van der Waals surface area contributed by atoms with Crippen molar-refractivity contribution in [2.45, 2.75) is 26.7 Å². The molecule has 0 radical (unpaired) electrons. The molecule has 0 saturated carbocycles. The first-order valence-electron chi connectivity index (χ1n) is 3.95. The summed E-state index contributed by atoms with van der Waals surface area (Å²) in [6, 6.07) is 1.96. The van der Waals surface area contributed by atoms with Crippen molar-refractivity contribution in [2.75, 3.05) is 5.73 Å². The van der Waals surface area contributed by atoms with E-state index in [1.165, 1.54) is 0 Å². The standard InChI is InChI=1S/C9H14N2/c1-3-4-8-5-9(10)7(2)6-11-8/h5-6H,3-4H2,1-2H3,(H2,10,11). The number of aromatic nitrogens is 1. The van der Waals surface area contributed by atoms with E-state index in [0.717, 1.165) is 29.8 Å². The van der Waals surface area contributed by atoms with Gasteiger partial charge in [0.05, 0.1) is 0 Å². The molecule has 0 aliphatic heterocycles. The summed E-state index contributed by atoms with van der Waals surface area (Å²) >= 11 is 0. The Morgan fingerprint density at radius 1 is 1.55 bits per heavy atom. The second-order valence-corrected chi connectivity index (χ2v) is 2.78. The third-order valence-electron chi connectivity index (χ3n) is 1.71. The number of aryl methyl sites for hydroxylation is 2. The minimum absolute atomic E-state index is 0.850. The predicted octanol–water partition coefficient (Wildman–Crippen LogP) is 1.92. The lowest BCUT2D eigenvalue weighted by Crippen LogP contribution is -1.95. The zero-order chi connectivity index (χ0) is 8.27. The van der Waals surface area contributed by atoms with Crippen LogP contribution in [0.2, 0.25) is 0 Å². The highest BCUT2D eigenvalue weighted by atomic mass is 14.7. The summed E-state index contributed by atoms with van der Waals surface area (Å²) in [5, 5.41) is 0. The summed E-state index contributed by atoms with van der Waals surface area (Å²) in [6.07, 6.45) is 3.97. The molecular weight excluding hydrogens is 136 g/mol. The van der Waals surface area contributed by atoms with Crippen molar-refractivity contribution >= 4 is 5.69 Å². The SMILES string of the molecule is CCCc1cc(N)c(C)cn1. The molecule has 0 aliphatic rings. The van der Waals surface area contributed by atoms with Crippen molar-refractivity contribution in [1.82, 2.24) is 4.98 Å². The molecule has 1 rings (SSSR count). The first-order chi connectivity index (χ1) is 5.24. The van der Waals surface area contributed by atoms with Crippen LogP contribution in [-0.4, -0.2) is 4.98 Å². The number of nitrogen functional groups attached to an aromatic ring is 1. The zero-order valence-corrected chi connectivity index (χ0v) is 7.09. The summed E-state index contributed by atoms with van der Waals surface area (Å²) in [5.41, 5.74) is 8.71. The second-order valence-electron chi connectivity index (χ2n) is 2.78. The van der Waals surface area contributed by atoms with Crippen molar-refractivity contribution in [3.8, 4) is 0 Å². The van der Waals surface area contributed by atoms with Gasteiger partial charge in [-0.1, -0.05) is 13.3 Å². The number of nitrogens with two attached hydrogens (primary N) is 1. The molecule has 2 heteroatoms. The summed E-state index contributed by atoms with van der Waals surface area (Å²) in [6.45, 7) is 4.11. The first-order valence-corrected chi connectivity index (χ1v) is 3.95. The number of pyridine rings is 1. The summed E-state index contributed by atoms with van der Waals surface area (Å²) in [5.74, 6) is 0. The Hall–Kier alpha value is -1.05. The number of anilines is 1. The van der Waals surface area contributed by atoms with Crippen LogP contribution in [-0.2, 0) is 6.42 Å². The van der Waals surface area contributed by atoms with E-state index in [0.29, 0.717) is 0 Å². The molecule has 0 unspecified atom stereocenters. The van der Waals surface area contributed by atoms with Crippen LogP contribution in [0, 0.1) is 6.92 Å². The number of nitrogens with zero attached hydrogens (tertiary/aromatic N) is 1. The van der Waals surface area contributed by atoms with E-state index >= 15 is 0 Å². The van der Waals surface area contributed by atoms with Gasteiger partial charge in [-0.2, -0.15) is 0 Å². The molecule has 1 aromatic rings. The molecule has 11 heavy (non-hydrogen) atoms. The van der Waals surface area contributed by atoms with Crippen molar-refractivity contribution in [2.24, 2.45) is 0 Å². The van der Waals surface area contributed by atoms with Crippen LogP contribution in [0.1, 0.15) is 24.6 Å². The van der Waals surface area contributed by atoms with Gasteiger partial charge in [-0.3, -0.25) is 4.98 Å². The monoisotopic (exact) mass is 150 g/mol. The van der Waals surface area contributed by atoms with E-state index in [-0.39, 0.29) is 0 Å². The van der Waals surface area contributed by atoms with E-state index in [1.807, 2.05) is 19.2 Å². The highest BCUT2D eigenvalue weighted by molar-refractivity contribution is 5.45. The average Bonchev–Trinajstić information content (AvgIpc) is 1.98. The minimum atomic E-state index is 0.850. The van der Waals surface area contributed by atoms with Crippen molar-refractivity contribution in [3.63, 3.8) is 0 Å². The maximum atomic E-state index is 5.71. The van der Waals surface area contributed by atoms with Crippen molar-refractivity contribution in [3.05, 3.63) is 23.5 Å². The zero-order valence-electron chi connectivity index (χ0n) is 7.09. The molecule has 0 aliphatic carbocycles. The number of hydrogen-bond donors (Lipinski definition) is 1. The Balaban J connectivity index is 2.86. The maximum Gasteiger partial charge on any atom is 0.0424 e. The minimum Gasteiger partial charge on any atom is -0.398 e. The van der Waals surface area contributed by atoms with Crippen LogP contribution < -0.4 is 5.73 Å². The smallest absolute Gasteiger partial charge is 0.0424 e. The largest absolute Gasteiger partial charge is 0.398 e. The molecule has 0 spiro atoms. The van der Waals surface area contributed by atoms with Crippen molar-refractivity contribution < 1.29 is 0 Å². The Labute approximate surface area is 67.5 Å². The third kappa shape index (κ3) is 1.93. The molecule has 0 bridgehead atoms. The molecule has 0 amide bonds. The van der Waals surface area contributed by atoms with Crippen LogP contribution in [0.15, 0.2) is 12.3 Å². The van der Waals surface area contributed by atoms with E-state index in [4.69, 9.17) is 5.73 Å².